The van der Waals surface area contributed by atoms with Crippen molar-refractivity contribution >= 4 is 23.2 Å². The Morgan fingerprint density at radius 1 is 1.00 bits per heavy atom. The van der Waals surface area contributed by atoms with Gasteiger partial charge in [-0.2, -0.15) is 0 Å². The second-order valence-corrected chi connectivity index (χ2v) is 8.46. The van der Waals surface area contributed by atoms with Crippen molar-refractivity contribution in [2.24, 2.45) is 0 Å². The molecule has 1 atom stereocenters. The summed E-state index contributed by atoms with van der Waals surface area (Å²) in [5, 5.41) is 9.45. The van der Waals surface area contributed by atoms with E-state index in [4.69, 9.17) is 4.74 Å². The maximum absolute atomic E-state index is 12.2. The van der Waals surface area contributed by atoms with E-state index in [0.717, 1.165) is 63.1 Å². The van der Waals surface area contributed by atoms with Crippen LogP contribution in [0.5, 0.6) is 5.75 Å². The van der Waals surface area contributed by atoms with E-state index in [-0.39, 0.29) is 24.5 Å². The van der Waals surface area contributed by atoms with Gasteiger partial charge in [-0.25, -0.2) is 0 Å². The van der Waals surface area contributed by atoms with Crippen molar-refractivity contribution in [2.75, 3.05) is 36.5 Å². The van der Waals surface area contributed by atoms with Gasteiger partial charge >= 0.3 is 0 Å². The summed E-state index contributed by atoms with van der Waals surface area (Å²) in [6.45, 7) is 2.67. The van der Waals surface area contributed by atoms with Crippen LogP contribution >= 0.6 is 0 Å². The Balaban J connectivity index is 1.21. The third-order valence-corrected chi connectivity index (χ3v) is 6.10. The summed E-state index contributed by atoms with van der Waals surface area (Å²) in [6, 6.07) is 17.6. The lowest BCUT2D eigenvalue weighted by molar-refractivity contribution is -0.123. The molecule has 7 nitrogen and oxygen atoms in total. The average molecular weight is 437 g/mol. The third-order valence-electron chi connectivity index (χ3n) is 6.10. The molecule has 2 aromatic carbocycles. The van der Waals surface area contributed by atoms with E-state index in [1.54, 1.807) is 0 Å². The Hall–Kier alpha value is -3.06. The van der Waals surface area contributed by atoms with Gasteiger partial charge in [0.15, 0.2) is 6.61 Å². The third kappa shape index (κ3) is 6.23. The molecular weight excluding hydrogens is 404 g/mol. The molecule has 32 heavy (non-hydrogen) atoms. The number of carbonyl (C=O) groups is 2. The molecule has 0 spiro atoms. The lowest BCUT2D eigenvalue weighted by Gasteiger charge is -2.35. The fraction of sp³-hybridized carbons (Fsp3) is 0.440. The van der Waals surface area contributed by atoms with Crippen LogP contribution in [0.2, 0.25) is 0 Å². The zero-order chi connectivity index (χ0) is 22.2. The van der Waals surface area contributed by atoms with Gasteiger partial charge in [0.25, 0.3) is 5.91 Å². The minimum absolute atomic E-state index is 0.0225. The lowest BCUT2D eigenvalue weighted by atomic mass is 10.0. The fourth-order valence-electron chi connectivity index (χ4n) is 4.31. The predicted octanol–water partition coefficient (Wildman–Crippen LogP) is 2.93. The van der Waals surface area contributed by atoms with E-state index < -0.39 is 0 Å². The van der Waals surface area contributed by atoms with Gasteiger partial charge in [-0.05, 0) is 68.5 Å². The summed E-state index contributed by atoms with van der Waals surface area (Å²) >= 11 is 0. The summed E-state index contributed by atoms with van der Waals surface area (Å²) in [5.41, 5.74) is 1.90. The van der Waals surface area contributed by atoms with E-state index >= 15 is 0 Å². The second-order valence-electron chi connectivity index (χ2n) is 8.46. The number of nitrogens with zero attached hydrogens (tertiary/aromatic N) is 1. The predicted molar refractivity (Wildman–Crippen MR) is 126 cm³/mol. The van der Waals surface area contributed by atoms with E-state index in [9.17, 15) is 9.59 Å². The van der Waals surface area contributed by atoms with Crippen LogP contribution in [0.3, 0.4) is 0 Å². The van der Waals surface area contributed by atoms with E-state index in [1.807, 2.05) is 54.6 Å². The molecule has 0 radical (unpaired) electrons. The number of hydrogen-bond donors (Lipinski definition) is 3. The average Bonchev–Trinajstić information content (AvgIpc) is 3.03. The largest absolute Gasteiger partial charge is 0.484 e. The van der Waals surface area contributed by atoms with Gasteiger partial charge in [-0.3, -0.25) is 9.59 Å². The highest BCUT2D eigenvalue weighted by Gasteiger charge is 2.26. The summed E-state index contributed by atoms with van der Waals surface area (Å²) in [4.78, 5) is 26.7. The van der Waals surface area contributed by atoms with E-state index in [2.05, 4.69) is 20.9 Å². The first-order valence-electron chi connectivity index (χ1n) is 11.5. The molecule has 170 valence electrons. The molecule has 0 aliphatic carbocycles. The Bertz CT molecular complexity index is 880. The first-order chi connectivity index (χ1) is 15.7. The molecule has 3 N–H and O–H groups in total. The number of anilines is 2. The van der Waals surface area contributed by atoms with Gasteiger partial charge in [-0.1, -0.05) is 18.2 Å². The van der Waals surface area contributed by atoms with Crippen molar-refractivity contribution in [1.29, 1.82) is 0 Å². The van der Waals surface area contributed by atoms with Crippen LogP contribution in [-0.2, 0) is 9.59 Å². The molecule has 2 aliphatic heterocycles. The molecule has 2 amide bonds. The number of carbonyl (C=O) groups excluding carboxylic acids is 2. The minimum atomic E-state index is -0.184. The van der Waals surface area contributed by atoms with Crippen molar-refractivity contribution in [1.82, 2.24) is 10.6 Å². The van der Waals surface area contributed by atoms with Crippen LogP contribution in [0.25, 0.3) is 0 Å². The monoisotopic (exact) mass is 436 g/mol. The molecule has 7 heteroatoms. The molecule has 0 saturated carbocycles. The van der Waals surface area contributed by atoms with Gasteiger partial charge < -0.3 is 25.6 Å². The highest BCUT2D eigenvalue weighted by atomic mass is 16.5. The van der Waals surface area contributed by atoms with Crippen molar-refractivity contribution in [3.63, 3.8) is 0 Å². The van der Waals surface area contributed by atoms with Crippen molar-refractivity contribution in [2.45, 2.75) is 44.2 Å². The summed E-state index contributed by atoms with van der Waals surface area (Å²) < 4.78 is 5.49. The molecule has 2 aromatic rings. The zero-order valence-corrected chi connectivity index (χ0v) is 18.4. The Labute approximate surface area is 189 Å². The van der Waals surface area contributed by atoms with Crippen LogP contribution in [-0.4, -0.2) is 50.1 Å². The molecule has 4 rings (SSSR count). The summed E-state index contributed by atoms with van der Waals surface area (Å²) in [7, 11) is 0. The van der Waals surface area contributed by atoms with Crippen LogP contribution in [0.15, 0.2) is 54.6 Å². The Morgan fingerprint density at radius 2 is 1.75 bits per heavy atom. The van der Waals surface area contributed by atoms with Gasteiger partial charge in [0, 0.05) is 37.1 Å². The first kappa shape index (κ1) is 22.1. The molecule has 2 fully saturated rings. The van der Waals surface area contributed by atoms with Gasteiger partial charge in [0.2, 0.25) is 5.91 Å². The minimum Gasteiger partial charge on any atom is -0.484 e. The number of ether oxygens (including phenoxy) is 1. The molecule has 0 bridgehead atoms. The normalized spacial score (nSPS) is 19.7. The first-order valence-corrected chi connectivity index (χ1v) is 11.5. The maximum atomic E-state index is 12.2. The van der Waals surface area contributed by atoms with Crippen molar-refractivity contribution < 1.29 is 14.3 Å². The highest BCUT2D eigenvalue weighted by molar-refractivity contribution is 5.92. The molecule has 0 aromatic heterocycles. The van der Waals surface area contributed by atoms with E-state index in [0.29, 0.717) is 11.8 Å². The van der Waals surface area contributed by atoms with Crippen LogP contribution in [0.4, 0.5) is 11.4 Å². The van der Waals surface area contributed by atoms with Gasteiger partial charge in [0.1, 0.15) is 5.75 Å². The van der Waals surface area contributed by atoms with Crippen LogP contribution in [0.1, 0.15) is 32.1 Å². The van der Waals surface area contributed by atoms with E-state index in [1.165, 1.54) is 0 Å². The summed E-state index contributed by atoms with van der Waals surface area (Å²) in [6.07, 6.45) is 5.11. The molecule has 2 saturated heterocycles. The number of nitrogens with one attached hydrogen (secondary N) is 3. The number of amides is 2. The molecule has 2 aliphatic rings. The Kier molecular flexibility index (Phi) is 7.61. The van der Waals surface area contributed by atoms with Crippen molar-refractivity contribution in [3.05, 3.63) is 54.6 Å². The van der Waals surface area contributed by atoms with Gasteiger partial charge in [0.05, 0.1) is 6.04 Å². The number of benzene rings is 2. The lowest BCUT2D eigenvalue weighted by Crippen LogP contribution is -2.51. The second kappa shape index (κ2) is 11.0. The summed E-state index contributed by atoms with van der Waals surface area (Å²) in [5.74, 6) is 0.642. The van der Waals surface area contributed by atoms with Crippen LogP contribution in [0, 0.1) is 0 Å². The molecule has 0 unspecified atom stereocenters. The number of rotatable bonds is 7. The number of piperidine rings is 1. The quantitative estimate of drug-likeness (QED) is 0.622. The maximum Gasteiger partial charge on any atom is 0.262 e. The Morgan fingerprint density at radius 3 is 2.50 bits per heavy atom. The molecular formula is C25H32N4O3. The standard InChI is InChI=1S/C25H32N4O3/c30-24(18-32-22-6-2-1-3-7-22)28-19-9-11-21(12-10-19)29-16-13-20(14-17-29)27-23-8-4-5-15-26-25(23)31/h1-3,6-7,9-12,20,23,27H,4-5,8,13-18H2,(H,26,31)(H,28,30)/t23-/m0/s1. The van der Waals surface area contributed by atoms with Crippen LogP contribution < -0.4 is 25.6 Å². The highest BCUT2D eigenvalue weighted by Crippen LogP contribution is 2.23. The number of para-hydroxylation sites is 1. The zero-order valence-electron chi connectivity index (χ0n) is 18.4. The smallest absolute Gasteiger partial charge is 0.262 e. The van der Waals surface area contributed by atoms with Crippen molar-refractivity contribution in [3.8, 4) is 5.75 Å². The van der Waals surface area contributed by atoms with Gasteiger partial charge in [-0.15, -0.1) is 0 Å². The number of hydrogen-bond acceptors (Lipinski definition) is 5. The fourth-order valence-corrected chi connectivity index (χ4v) is 4.31. The molecule has 2 heterocycles. The SMILES string of the molecule is O=C(COc1ccccc1)Nc1ccc(N2CCC(N[C@H]3CCCCNC3=O)CC2)cc1. The topological polar surface area (TPSA) is 82.7 Å².